The maximum absolute atomic E-state index is 11.4. The smallest absolute Gasteiger partial charge is 0.333 e. The average Bonchev–Trinajstić information content (AvgIpc) is 2.91. The van der Waals surface area contributed by atoms with E-state index in [9.17, 15) is 4.79 Å². The number of hydrogen-bond acceptors (Lipinski definition) is 3. The molecule has 0 fully saturated rings. The third-order valence-electron chi connectivity index (χ3n) is 2.20. The fraction of sp³-hybridized carbons (Fsp3) is 0.0769. The molecule has 0 atom stereocenters. The molecular formula is C13H13N3OS. The number of rotatable bonds is 4. The van der Waals surface area contributed by atoms with E-state index in [0.29, 0.717) is 6.54 Å². The Morgan fingerprint density at radius 3 is 2.78 bits per heavy atom. The van der Waals surface area contributed by atoms with Crippen molar-refractivity contribution in [2.75, 3.05) is 0 Å². The van der Waals surface area contributed by atoms with Crippen molar-refractivity contribution in [3.63, 3.8) is 0 Å². The summed E-state index contributed by atoms with van der Waals surface area (Å²) in [5.41, 5.74) is 3.47. The van der Waals surface area contributed by atoms with Gasteiger partial charge >= 0.3 is 6.03 Å². The Labute approximate surface area is 109 Å². The standard InChI is InChI=1S/C13H13N3OS/c17-13(14-9-11-5-2-1-3-6-11)16-15-10-12-7-4-8-18-12/h1-8,10H,9H2,(H2,14,16,17). The van der Waals surface area contributed by atoms with Crippen LogP contribution in [0.5, 0.6) is 0 Å². The molecule has 0 aliphatic heterocycles. The topological polar surface area (TPSA) is 53.5 Å². The number of carbonyl (C=O) groups is 1. The molecule has 2 amide bonds. The summed E-state index contributed by atoms with van der Waals surface area (Å²) in [6, 6.07) is 13.3. The van der Waals surface area contributed by atoms with E-state index in [1.807, 2.05) is 47.8 Å². The number of carbonyl (C=O) groups excluding carboxylic acids is 1. The summed E-state index contributed by atoms with van der Waals surface area (Å²) in [6.07, 6.45) is 1.62. The average molecular weight is 259 g/mol. The van der Waals surface area contributed by atoms with Gasteiger partial charge in [0.05, 0.1) is 6.21 Å². The van der Waals surface area contributed by atoms with Crippen LogP contribution < -0.4 is 10.7 Å². The molecule has 1 aromatic heterocycles. The van der Waals surface area contributed by atoms with Crippen LogP contribution in [0, 0.1) is 0 Å². The van der Waals surface area contributed by atoms with Crippen molar-refractivity contribution in [1.82, 2.24) is 10.7 Å². The van der Waals surface area contributed by atoms with Gasteiger partial charge in [-0.15, -0.1) is 11.3 Å². The quantitative estimate of drug-likeness (QED) is 0.643. The molecule has 2 rings (SSSR count). The molecule has 0 unspecified atom stereocenters. The molecule has 1 aromatic carbocycles. The van der Waals surface area contributed by atoms with Gasteiger partial charge in [0.25, 0.3) is 0 Å². The van der Waals surface area contributed by atoms with Crippen LogP contribution in [-0.2, 0) is 6.54 Å². The number of thiophene rings is 1. The first-order valence-electron chi connectivity index (χ1n) is 5.49. The molecule has 0 radical (unpaired) electrons. The number of urea groups is 1. The molecule has 0 saturated carbocycles. The monoisotopic (exact) mass is 259 g/mol. The van der Waals surface area contributed by atoms with Gasteiger partial charge in [0, 0.05) is 11.4 Å². The molecule has 0 aliphatic rings. The van der Waals surface area contributed by atoms with Crippen molar-refractivity contribution < 1.29 is 4.79 Å². The molecule has 1 heterocycles. The molecule has 0 bridgehead atoms. The van der Waals surface area contributed by atoms with Gasteiger partial charge in [-0.05, 0) is 17.0 Å². The highest BCUT2D eigenvalue weighted by Gasteiger charge is 1.97. The van der Waals surface area contributed by atoms with E-state index in [-0.39, 0.29) is 6.03 Å². The maximum Gasteiger partial charge on any atom is 0.335 e. The number of hydrogen-bond donors (Lipinski definition) is 2. The second kappa shape index (κ2) is 6.56. The minimum absolute atomic E-state index is 0.313. The molecule has 18 heavy (non-hydrogen) atoms. The zero-order valence-electron chi connectivity index (χ0n) is 9.67. The third-order valence-corrected chi connectivity index (χ3v) is 3.00. The maximum atomic E-state index is 11.4. The number of nitrogens with zero attached hydrogens (tertiary/aromatic N) is 1. The first-order valence-corrected chi connectivity index (χ1v) is 6.37. The largest absolute Gasteiger partial charge is 0.335 e. The molecule has 4 nitrogen and oxygen atoms in total. The van der Waals surface area contributed by atoms with Crippen LogP contribution in [-0.4, -0.2) is 12.2 Å². The van der Waals surface area contributed by atoms with E-state index in [2.05, 4.69) is 15.8 Å². The van der Waals surface area contributed by atoms with Crippen LogP contribution in [0.4, 0.5) is 4.79 Å². The highest BCUT2D eigenvalue weighted by atomic mass is 32.1. The van der Waals surface area contributed by atoms with Crippen molar-refractivity contribution in [3.8, 4) is 0 Å². The first kappa shape index (κ1) is 12.3. The number of amides is 2. The van der Waals surface area contributed by atoms with Gasteiger partial charge in [-0.3, -0.25) is 0 Å². The molecule has 0 aliphatic carbocycles. The molecule has 2 N–H and O–H groups in total. The lowest BCUT2D eigenvalue weighted by atomic mass is 10.2. The summed E-state index contributed by atoms with van der Waals surface area (Å²) in [5.74, 6) is 0. The summed E-state index contributed by atoms with van der Waals surface area (Å²) in [7, 11) is 0. The molecule has 0 spiro atoms. The van der Waals surface area contributed by atoms with Crippen LogP contribution >= 0.6 is 11.3 Å². The van der Waals surface area contributed by atoms with Crippen molar-refractivity contribution in [1.29, 1.82) is 0 Å². The normalized spacial score (nSPS) is 10.4. The lowest BCUT2D eigenvalue weighted by Crippen LogP contribution is -2.31. The van der Waals surface area contributed by atoms with Crippen LogP contribution in [0.2, 0.25) is 0 Å². The van der Waals surface area contributed by atoms with Crippen LogP contribution in [0.25, 0.3) is 0 Å². The summed E-state index contributed by atoms with van der Waals surface area (Å²) in [6.45, 7) is 0.487. The molecular weight excluding hydrogens is 246 g/mol. The second-order valence-electron chi connectivity index (χ2n) is 3.55. The second-order valence-corrected chi connectivity index (χ2v) is 4.53. The van der Waals surface area contributed by atoms with E-state index in [4.69, 9.17) is 0 Å². The highest BCUT2D eigenvalue weighted by molar-refractivity contribution is 7.11. The molecule has 92 valence electrons. The predicted octanol–water partition coefficient (Wildman–Crippen LogP) is 2.58. The van der Waals surface area contributed by atoms with Crippen LogP contribution in [0.3, 0.4) is 0 Å². The molecule has 0 saturated heterocycles. The van der Waals surface area contributed by atoms with Gasteiger partial charge in [-0.25, -0.2) is 10.2 Å². The number of nitrogens with one attached hydrogen (secondary N) is 2. The zero-order valence-corrected chi connectivity index (χ0v) is 10.5. The SMILES string of the molecule is O=C(NCc1ccccc1)NN=Cc1cccs1. The lowest BCUT2D eigenvalue weighted by molar-refractivity contribution is 0.241. The fourth-order valence-electron chi connectivity index (χ4n) is 1.34. The van der Waals surface area contributed by atoms with Gasteiger partial charge in [-0.1, -0.05) is 36.4 Å². The summed E-state index contributed by atoms with van der Waals surface area (Å²) in [4.78, 5) is 12.4. The Balaban J connectivity index is 1.73. The van der Waals surface area contributed by atoms with E-state index in [1.54, 1.807) is 17.6 Å². The minimum atomic E-state index is -0.313. The van der Waals surface area contributed by atoms with Crippen molar-refractivity contribution in [2.24, 2.45) is 5.10 Å². The summed E-state index contributed by atoms with van der Waals surface area (Å²) in [5, 5.41) is 8.52. The van der Waals surface area contributed by atoms with Gasteiger partial charge < -0.3 is 5.32 Å². The van der Waals surface area contributed by atoms with Crippen molar-refractivity contribution >= 4 is 23.6 Å². The lowest BCUT2D eigenvalue weighted by Gasteiger charge is -2.03. The van der Waals surface area contributed by atoms with Gasteiger partial charge in [0.1, 0.15) is 0 Å². The van der Waals surface area contributed by atoms with E-state index in [0.717, 1.165) is 10.4 Å². The zero-order chi connectivity index (χ0) is 12.6. The number of benzene rings is 1. The predicted molar refractivity (Wildman–Crippen MR) is 73.7 cm³/mol. The van der Waals surface area contributed by atoms with E-state index < -0.39 is 0 Å². The Bertz CT molecular complexity index is 508. The molecule has 5 heteroatoms. The number of hydrazone groups is 1. The fourth-order valence-corrected chi connectivity index (χ4v) is 1.92. The van der Waals surface area contributed by atoms with Crippen molar-refractivity contribution in [2.45, 2.75) is 6.54 Å². The van der Waals surface area contributed by atoms with Crippen LogP contribution in [0.1, 0.15) is 10.4 Å². The van der Waals surface area contributed by atoms with Gasteiger partial charge in [-0.2, -0.15) is 5.10 Å². The van der Waals surface area contributed by atoms with Gasteiger partial charge in [0.2, 0.25) is 0 Å². The minimum Gasteiger partial charge on any atom is -0.333 e. The first-order chi connectivity index (χ1) is 8.84. The Kier molecular flexibility index (Phi) is 4.49. The Morgan fingerprint density at radius 2 is 2.06 bits per heavy atom. The van der Waals surface area contributed by atoms with Crippen molar-refractivity contribution in [3.05, 3.63) is 58.3 Å². The summed E-state index contributed by atoms with van der Waals surface area (Å²) < 4.78 is 0. The Hall–Kier alpha value is -2.14. The molecule has 2 aromatic rings. The Morgan fingerprint density at radius 1 is 1.22 bits per heavy atom. The van der Waals surface area contributed by atoms with Gasteiger partial charge in [0.15, 0.2) is 0 Å². The summed E-state index contributed by atoms with van der Waals surface area (Å²) >= 11 is 1.56. The highest BCUT2D eigenvalue weighted by Crippen LogP contribution is 2.04. The van der Waals surface area contributed by atoms with Crippen LogP contribution in [0.15, 0.2) is 52.9 Å². The van der Waals surface area contributed by atoms with E-state index >= 15 is 0 Å². The third kappa shape index (κ3) is 4.03. The van der Waals surface area contributed by atoms with E-state index in [1.165, 1.54) is 0 Å².